The summed E-state index contributed by atoms with van der Waals surface area (Å²) in [7, 11) is 0. The van der Waals surface area contributed by atoms with Gasteiger partial charge in [0.2, 0.25) is 23.6 Å². The number of morpholine rings is 1. The predicted octanol–water partition coefficient (Wildman–Crippen LogP) is 2.00. The molecule has 0 aromatic carbocycles. The topological polar surface area (TPSA) is 224 Å². The lowest BCUT2D eigenvalue weighted by Gasteiger charge is -2.32. The lowest BCUT2D eigenvalue weighted by molar-refractivity contribution is -0.158. The van der Waals surface area contributed by atoms with Gasteiger partial charge in [-0.05, 0) is 44.9 Å². The molecule has 306 valence electrons. The second-order valence-electron chi connectivity index (χ2n) is 15.1. The maximum atomic E-state index is 13.7. The summed E-state index contributed by atoms with van der Waals surface area (Å²) in [5.41, 5.74) is 6.91. The summed E-state index contributed by atoms with van der Waals surface area (Å²) in [4.78, 5) is 82.0. The number of hydrogen-bond acceptors (Lipinski definition) is 13. The van der Waals surface area contributed by atoms with Crippen LogP contribution in [0.3, 0.4) is 0 Å². The number of Topliss-reactive ketones (excluding diaryl/α,β-unsaturated/α-hetero) is 1. The third-order valence-electron chi connectivity index (χ3n) is 9.10. The highest BCUT2D eigenvalue weighted by Gasteiger charge is 2.50. The average molecular weight is 765 g/mol. The fraction of sp³-hybridized carbons (Fsp3) is 0.784. The Hall–Kier alpha value is -3.96. The fourth-order valence-corrected chi connectivity index (χ4v) is 5.74. The summed E-state index contributed by atoms with van der Waals surface area (Å²) < 4.78 is 16.1. The van der Waals surface area contributed by atoms with E-state index >= 15 is 0 Å². The largest absolute Gasteiger partial charge is 0.444 e. The third-order valence-corrected chi connectivity index (χ3v) is 9.10. The maximum Gasteiger partial charge on any atom is 0.307 e. The van der Waals surface area contributed by atoms with E-state index in [1.165, 1.54) is 0 Å². The summed E-state index contributed by atoms with van der Waals surface area (Å²) >= 11 is 0. The van der Waals surface area contributed by atoms with Crippen molar-refractivity contribution in [2.24, 2.45) is 17.0 Å². The zero-order valence-electron chi connectivity index (χ0n) is 33.3. The molecule has 17 nitrogen and oxygen atoms in total. The Kier molecular flexibility index (Phi) is 20.3. The highest BCUT2D eigenvalue weighted by Crippen LogP contribution is 2.29. The van der Waals surface area contributed by atoms with Crippen molar-refractivity contribution >= 4 is 35.4 Å². The number of nitrogens with one attached hydrogen (secondary N) is 5. The number of ketones is 1. The molecule has 0 aromatic heterocycles. The standard InChI is InChI=1S/C37H64N8O9/c1-8-9-10-27(6)39-19-28(43-38)11-12-34(49)53-24-45(33(48)21-40-32(47)22-44-13-15-52-16-14-44)30(18-26(4)5)36(51)41-20-31(46)42-29(17-25(2)3)35(50)37(7)23-54-37/h19,25-27,29-30,38-39H,8-18,20-24H2,1-7H3,(H,40,47)(H,41,51)(H,42,46)/b28-19-,43-38?/t27?,29-,30-,37+/m0/s1. The second-order valence-corrected chi connectivity index (χ2v) is 15.1. The molecule has 2 heterocycles. The number of amides is 4. The Balaban J connectivity index is 2.15. The molecule has 4 amide bonds. The number of esters is 1. The lowest BCUT2D eigenvalue weighted by Crippen LogP contribution is -2.55. The van der Waals surface area contributed by atoms with E-state index in [1.54, 1.807) is 13.1 Å². The normalized spacial score (nSPS) is 18.9. The molecule has 54 heavy (non-hydrogen) atoms. The van der Waals surface area contributed by atoms with Crippen LogP contribution < -0.4 is 21.3 Å². The van der Waals surface area contributed by atoms with Crippen LogP contribution in [0.1, 0.15) is 93.4 Å². The van der Waals surface area contributed by atoms with Gasteiger partial charge in [0.1, 0.15) is 11.6 Å². The Morgan fingerprint density at radius 3 is 2.22 bits per heavy atom. The molecule has 0 bridgehead atoms. The van der Waals surface area contributed by atoms with Crippen LogP contribution in [-0.2, 0) is 43.0 Å². The number of epoxide rings is 1. The van der Waals surface area contributed by atoms with E-state index in [9.17, 15) is 28.8 Å². The van der Waals surface area contributed by atoms with Crippen molar-refractivity contribution < 1.29 is 43.0 Å². The van der Waals surface area contributed by atoms with E-state index in [2.05, 4.69) is 33.3 Å². The van der Waals surface area contributed by atoms with Crippen LogP contribution in [0.2, 0.25) is 0 Å². The minimum absolute atomic E-state index is 0.0609. The van der Waals surface area contributed by atoms with Crippen molar-refractivity contribution in [2.45, 2.75) is 117 Å². The van der Waals surface area contributed by atoms with Crippen molar-refractivity contribution in [3.05, 3.63) is 11.9 Å². The van der Waals surface area contributed by atoms with Crippen molar-refractivity contribution in [3.8, 4) is 0 Å². The van der Waals surface area contributed by atoms with E-state index in [-0.39, 0.29) is 56.1 Å². The van der Waals surface area contributed by atoms with Gasteiger partial charge in [0.25, 0.3) is 0 Å². The van der Waals surface area contributed by atoms with Crippen molar-refractivity contribution in [1.82, 2.24) is 31.1 Å². The van der Waals surface area contributed by atoms with Crippen molar-refractivity contribution in [2.75, 3.05) is 59.3 Å². The van der Waals surface area contributed by atoms with Gasteiger partial charge >= 0.3 is 5.97 Å². The SMILES string of the molecule is CCCCC(C)N/C=C(/CCC(=O)OCN(C(=O)CNC(=O)CN1CCOCC1)[C@@H](CC(C)C)C(=O)NCC(=O)N[C@@H](CC(C)C)C(=O)[C@@]1(C)CO1)N=N. The van der Waals surface area contributed by atoms with E-state index in [4.69, 9.17) is 19.7 Å². The van der Waals surface area contributed by atoms with Crippen LogP contribution in [0.5, 0.6) is 0 Å². The van der Waals surface area contributed by atoms with Crippen LogP contribution >= 0.6 is 0 Å². The van der Waals surface area contributed by atoms with Gasteiger partial charge in [-0.25, -0.2) is 5.53 Å². The Labute approximate surface area is 319 Å². The molecule has 0 spiro atoms. The van der Waals surface area contributed by atoms with Gasteiger partial charge in [-0.15, -0.1) is 0 Å². The van der Waals surface area contributed by atoms with Crippen LogP contribution in [0.4, 0.5) is 0 Å². The summed E-state index contributed by atoms with van der Waals surface area (Å²) in [6.07, 6.45) is 5.17. The first-order valence-corrected chi connectivity index (χ1v) is 19.2. The third kappa shape index (κ3) is 17.5. The van der Waals surface area contributed by atoms with Crippen LogP contribution in [0, 0.1) is 17.4 Å². The number of ether oxygens (including phenoxy) is 3. The van der Waals surface area contributed by atoms with E-state index in [0.717, 1.165) is 24.2 Å². The van der Waals surface area contributed by atoms with Crippen molar-refractivity contribution in [1.29, 1.82) is 5.53 Å². The smallest absolute Gasteiger partial charge is 0.307 e. The molecule has 4 atom stereocenters. The van der Waals surface area contributed by atoms with Gasteiger partial charge in [0.15, 0.2) is 12.5 Å². The maximum absolute atomic E-state index is 13.7. The second kappa shape index (κ2) is 23.7. The predicted molar refractivity (Wildman–Crippen MR) is 200 cm³/mol. The molecule has 0 aliphatic carbocycles. The van der Waals surface area contributed by atoms with E-state index < -0.39 is 67.1 Å². The number of hydrogen-bond donors (Lipinski definition) is 5. The van der Waals surface area contributed by atoms with Gasteiger partial charge in [-0.2, -0.15) is 5.11 Å². The number of unbranched alkanes of at least 4 members (excludes halogenated alkanes) is 1. The molecule has 0 saturated carbocycles. The van der Waals surface area contributed by atoms with Gasteiger partial charge in [-0.1, -0.05) is 47.5 Å². The van der Waals surface area contributed by atoms with E-state index in [1.807, 2.05) is 39.5 Å². The zero-order valence-corrected chi connectivity index (χ0v) is 33.3. The zero-order chi connectivity index (χ0) is 40.3. The number of nitrogens with zero attached hydrogens (tertiary/aromatic N) is 3. The fourth-order valence-electron chi connectivity index (χ4n) is 5.74. The summed E-state index contributed by atoms with van der Waals surface area (Å²) in [5, 5.41) is 14.6. The molecule has 0 radical (unpaired) electrons. The first-order chi connectivity index (χ1) is 25.6. The highest BCUT2D eigenvalue weighted by molar-refractivity contribution is 5.97. The molecule has 2 aliphatic rings. The summed E-state index contributed by atoms with van der Waals surface area (Å²) in [6, 6.07) is -1.80. The van der Waals surface area contributed by atoms with Gasteiger partial charge in [0, 0.05) is 31.8 Å². The molecule has 2 aliphatic heterocycles. The minimum atomic E-state index is -1.17. The van der Waals surface area contributed by atoms with Crippen LogP contribution in [0.25, 0.3) is 0 Å². The monoisotopic (exact) mass is 764 g/mol. The molecule has 1 unspecified atom stereocenters. The molecule has 5 N–H and O–H groups in total. The number of carbonyl (C=O) groups excluding carboxylic acids is 6. The molecule has 2 fully saturated rings. The average Bonchev–Trinajstić information content (AvgIpc) is 3.89. The van der Waals surface area contributed by atoms with Crippen LogP contribution in [-0.4, -0.2) is 128 Å². The molecule has 17 heteroatoms. The quantitative estimate of drug-likeness (QED) is 0.0371. The van der Waals surface area contributed by atoms with Crippen LogP contribution in [0.15, 0.2) is 17.0 Å². The number of rotatable bonds is 26. The first-order valence-electron chi connectivity index (χ1n) is 19.2. The molecular weight excluding hydrogens is 700 g/mol. The van der Waals surface area contributed by atoms with Crippen molar-refractivity contribution in [3.63, 3.8) is 0 Å². The number of allylic oxidation sites excluding steroid dienone is 1. The molecule has 2 rings (SSSR count). The number of carbonyl (C=O) groups is 6. The lowest BCUT2D eigenvalue weighted by atomic mass is 9.93. The van der Waals surface area contributed by atoms with Gasteiger partial charge < -0.3 is 35.5 Å². The molecular formula is C37H64N8O9. The van der Waals surface area contributed by atoms with Gasteiger partial charge in [0.05, 0.1) is 57.6 Å². The van der Waals surface area contributed by atoms with Gasteiger partial charge in [-0.3, -0.25) is 38.6 Å². The summed E-state index contributed by atoms with van der Waals surface area (Å²) in [5.74, 6) is -3.26. The first kappa shape index (κ1) is 46.2. The molecule has 2 saturated heterocycles. The Bertz CT molecular complexity index is 1300. The Morgan fingerprint density at radius 2 is 1.63 bits per heavy atom. The van der Waals surface area contributed by atoms with E-state index in [0.29, 0.717) is 38.4 Å². The minimum Gasteiger partial charge on any atom is -0.444 e. The highest BCUT2D eigenvalue weighted by atomic mass is 16.6. The molecule has 0 aromatic rings. The summed E-state index contributed by atoms with van der Waals surface area (Å²) in [6.45, 7) is 14.3. The Morgan fingerprint density at radius 1 is 0.963 bits per heavy atom.